The van der Waals surface area contributed by atoms with Crippen LogP contribution in [0.3, 0.4) is 0 Å². The van der Waals surface area contributed by atoms with Crippen molar-refractivity contribution in [3.63, 3.8) is 0 Å². The van der Waals surface area contributed by atoms with Gasteiger partial charge >= 0.3 is 6.03 Å². The third kappa shape index (κ3) is 7.86. The Kier molecular flexibility index (Phi) is 9.63. The van der Waals surface area contributed by atoms with E-state index in [-0.39, 0.29) is 46.7 Å². The lowest BCUT2D eigenvalue weighted by molar-refractivity contribution is -0.0281. The van der Waals surface area contributed by atoms with Gasteiger partial charge in [-0.1, -0.05) is 65.8 Å². The van der Waals surface area contributed by atoms with Crippen LogP contribution in [0, 0.1) is 0 Å². The molecule has 0 bridgehead atoms. The van der Waals surface area contributed by atoms with Gasteiger partial charge in [-0.3, -0.25) is 19.4 Å². The van der Waals surface area contributed by atoms with Crippen LogP contribution in [0.1, 0.15) is 99.5 Å². The largest absolute Gasteiger partial charge is 0.484 e. The van der Waals surface area contributed by atoms with Crippen molar-refractivity contribution in [2.75, 3.05) is 38.6 Å². The maximum Gasteiger partial charge on any atom is 0.320 e. The number of urea groups is 1. The number of methoxy groups -OCH3 is 1. The summed E-state index contributed by atoms with van der Waals surface area (Å²) in [6.45, 7) is 15.5. The monoisotopic (exact) mass is 668 g/mol. The molecule has 260 valence electrons. The zero-order valence-electron chi connectivity index (χ0n) is 29.5. The zero-order valence-corrected chi connectivity index (χ0v) is 29.5. The van der Waals surface area contributed by atoms with Crippen LogP contribution in [0.25, 0.3) is 5.65 Å². The Bertz CT molecular complexity index is 1820. The van der Waals surface area contributed by atoms with Crippen LogP contribution in [-0.2, 0) is 15.6 Å². The lowest BCUT2D eigenvalue weighted by Crippen LogP contribution is -2.53. The van der Waals surface area contributed by atoms with Crippen LogP contribution in [0.5, 0.6) is 5.75 Å². The number of carbonyl (C=O) groups is 2. The topological polar surface area (TPSA) is 135 Å². The van der Waals surface area contributed by atoms with E-state index in [1.807, 2.05) is 47.0 Å². The van der Waals surface area contributed by atoms with Crippen LogP contribution in [0.15, 0.2) is 54.7 Å². The van der Waals surface area contributed by atoms with Crippen molar-refractivity contribution in [3.8, 4) is 5.75 Å². The van der Waals surface area contributed by atoms with Gasteiger partial charge in [0.25, 0.3) is 5.91 Å². The second-order valence-corrected chi connectivity index (χ2v) is 15.1. The summed E-state index contributed by atoms with van der Waals surface area (Å²) in [4.78, 5) is 33.3. The van der Waals surface area contributed by atoms with Crippen molar-refractivity contribution in [3.05, 3.63) is 82.9 Å². The van der Waals surface area contributed by atoms with Gasteiger partial charge < -0.3 is 20.1 Å². The van der Waals surface area contributed by atoms with Gasteiger partial charge in [0, 0.05) is 38.7 Å². The van der Waals surface area contributed by atoms with E-state index in [1.54, 1.807) is 13.2 Å². The summed E-state index contributed by atoms with van der Waals surface area (Å²) in [5, 5.41) is 17.7. The second kappa shape index (κ2) is 13.8. The number of ether oxygens (including phenoxy) is 2. The van der Waals surface area contributed by atoms with Crippen LogP contribution in [0.4, 0.5) is 10.6 Å². The average Bonchev–Trinajstić information content (AvgIpc) is 3.47. The fraction of sp³-hybridized carbons (Fsp3) is 0.486. The molecule has 2 aliphatic rings. The molecule has 0 spiro atoms. The molecule has 12 heteroatoms. The average molecular weight is 669 g/mol. The first kappa shape index (κ1) is 34.3. The summed E-state index contributed by atoms with van der Waals surface area (Å²) < 4.78 is 13.9. The summed E-state index contributed by atoms with van der Waals surface area (Å²) in [5.74, 6) is 1.64. The molecule has 49 heavy (non-hydrogen) atoms. The van der Waals surface area contributed by atoms with E-state index in [0.717, 1.165) is 53.5 Å². The molecule has 4 aromatic rings. The molecule has 12 nitrogen and oxygen atoms in total. The van der Waals surface area contributed by atoms with E-state index >= 15 is 0 Å². The first-order valence-corrected chi connectivity index (χ1v) is 17.0. The number of fused-ring (bicyclic) bond motifs is 2. The molecule has 3 aromatic heterocycles. The van der Waals surface area contributed by atoms with Crippen molar-refractivity contribution in [2.24, 2.45) is 0 Å². The highest BCUT2D eigenvalue weighted by molar-refractivity contribution is 5.94. The Morgan fingerprint density at radius 1 is 0.939 bits per heavy atom. The number of anilines is 1. The number of aromatic nitrogens is 4. The number of hydrogen-bond donors (Lipinski definition) is 3. The minimum Gasteiger partial charge on any atom is -0.484 e. The predicted octanol–water partition coefficient (Wildman–Crippen LogP) is 5.56. The molecule has 6 rings (SSSR count). The molecule has 3 amide bonds. The molecule has 0 unspecified atom stereocenters. The SMILES string of the molecule is COC1CN(CCNC(=O)c2cc(C(C)(C)C)cc(NC(=O)N[C@H]3CC[C@@H](Oc4ccc5nnc(C(C)(C)C)n5c4)c4ccccc43)n2)C1. The van der Waals surface area contributed by atoms with Gasteiger partial charge in [0.15, 0.2) is 5.65 Å². The van der Waals surface area contributed by atoms with Crippen LogP contribution in [0.2, 0.25) is 0 Å². The normalized spacial score (nSPS) is 18.4. The van der Waals surface area contributed by atoms with E-state index in [0.29, 0.717) is 25.2 Å². The first-order chi connectivity index (χ1) is 23.3. The summed E-state index contributed by atoms with van der Waals surface area (Å²) in [7, 11) is 1.72. The molecular formula is C37H48N8O4. The van der Waals surface area contributed by atoms with Crippen molar-refractivity contribution in [1.29, 1.82) is 0 Å². The quantitative estimate of drug-likeness (QED) is 0.211. The standard InChI is InChI=1S/C37H48N8O4/c1-36(2,3)23-18-29(33(46)38-16-17-44-20-25(21-44)48-7)39-31(19-23)41-35(47)40-28-13-14-30(27-11-9-8-10-26(27)28)49-24-12-15-32-42-43-34(37(4,5)6)45(32)22-24/h8-12,15,18-19,22,25,28,30H,13-14,16-17,20-21H2,1-7H3,(H,38,46)(H2,39,40,41,47)/t28-,30+/m0/s1. The highest BCUT2D eigenvalue weighted by atomic mass is 16.5. The molecule has 0 saturated carbocycles. The minimum atomic E-state index is -0.387. The number of nitrogens with zero attached hydrogens (tertiary/aromatic N) is 5. The molecule has 4 heterocycles. The third-order valence-corrected chi connectivity index (χ3v) is 9.20. The van der Waals surface area contributed by atoms with Crippen LogP contribution >= 0.6 is 0 Å². The summed E-state index contributed by atoms with van der Waals surface area (Å²) in [6.07, 6.45) is 3.43. The highest BCUT2D eigenvalue weighted by Gasteiger charge is 2.31. The van der Waals surface area contributed by atoms with Crippen LogP contribution < -0.4 is 20.7 Å². The van der Waals surface area contributed by atoms with E-state index in [1.165, 1.54) is 0 Å². The lowest BCUT2D eigenvalue weighted by Gasteiger charge is -2.38. The molecule has 1 aliphatic carbocycles. The number of hydrogen-bond acceptors (Lipinski definition) is 8. The lowest BCUT2D eigenvalue weighted by atomic mass is 9.85. The predicted molar refractivity (Wildman–Crippen MR) is 188 cm³/mol. The third-order valence-electron chi connectivity index (χ3n) is 9.20. The maximum absolute atomic E-state index is 13.4. The fourth-order valence-electron chi connectivity index (χ4n) is 6.37. The fourth-order valence-corrected chi connectivity index (χ4v) is 6.37. The van der Waals surface area contributed by atoms with Gasteiger partial charge in [0.2, 0.25) is 0 Å². The van der Waals surface area contributed by atoms with Gasteiger partial charge in [0.05, 0.1) is 18.3 Å². The Hall–Kier alpha value is -4.55. The number of carbonyl (C=O) groups excluding carboxylic acids is 2. The van der Waals surface area contributed by atoms with Crippen molar-refractivity contribution >= 4 is 23.4 Å². The summed E-state index contributed by atoms with van der Waals surface area (Å²) >= 11 is 0. The molecule has 3 N–H and O–H groups in total. The smallest absolute Gasteiger partial charge is 0.320 e. The molecule has 2 atom stereocenters. The van der Waals surface area contributed by atoms with Gasteiger partial charge in [-0.05, 0) is 59.2 Å². The molecule has 1 saturated heterocycles. The number of rotatable bonds is 9. The van der Waals surface area contributed by atoms with Crippen LogP contribution in [-0.4, -0.2) is 75.8 Å². The molecule has 1 fully saturated rings. The van der Waals surface area contributed by atoms with Crippen molar-refractivity contribution in [2.45, 2.75) is 83.5 Å². The highest BCUT2D eigenvalue weighted by Crippen LogP contribution is 2.39. The summed E-state index contributed by atoms with van der Waals surface area (Å²) in [6, 6.07) is 14.9. The Balaban J connectivity index is 1.13. The molecule has 1 aliphatic heterocycles. The summed E-state index contributed by atoms with van der Waals surface area (Å²) in [5.41, 5.74) is 3.54. The Morgan fingerprint density at radius 2 is 1.69 bits per heavy atom. The van der Waals surface area contributed by atoms with Gasteiger partial charge in [-0.25, -0.2) is 9.78 Å². The number of amides is 3. The molecular weight excluding hydrogens is 620 g/mol. The van der Waals surface area contributed by atoms with E-state index < -0.39 is 0 Å². The maximum atomic E-state index is 13.4. The van der Waals surface area contributed by atoms with E-state index in [9.17, 15) is 9.59 Å². The number of likely N-dealkylation sites (tertiary alicyclic amines) is 1. The van der Waals surface area contributed by atoms with Crippen molar-refractivity contribution < 1.29 is 19.1 Å². The Morgan fingerprint density at radius 3 is 2.41 bits per heavy atom. The zero-order chi connectivity index (χ0) is 34.9. The van der Waals surface area contributed by atoms with E-state index in [4.69, 9.17) is 9.47 Å². The van der Waals surface area contributed by atoms with Gasteiger partial charge in [0.1, 0.15) is 29.2 Å². The number of nitrogens with one attached hydrogen (secondary N) is 3. The molecule has 1 aromatic carbocycles. The molecule has 0 radical (unpaired) electrons. The van der Waals surface area contributed by atoms with Gasteiger partial charge in [-0.15, -0.1) is 10.2 Å². The minimum absolute atomic E-state index is 0.171. The number of pyridine rings is 2. The second-order valence-electron chi connectivity index (χ2n) is 15.1. The van der Waals surface area contributed by atoms with E-state index in [2.05, 4.69) is 83.6 Å². The number of benzene rings is 1. The van der Waals surface area contributed by atoms with Gasteiger partial charge in [-0.2, -0.15) is 0 Å². The Labute approximate surface area is 288 Å². The van der Waals surface area contributed by atoms with Crippen molar-refractivity contribution in [1.82, 2.24) is 35.1 Å². The first-order valence-electron chi connectivity index (χ1n) is 17.0.